The van der Waals surface area contributed by atoms with Gasteiger partial charge in [-0.3, -0.25) is 4.79 Å². The van der Waals surface area contributed by atoms with Crippen molar-refractivity contribution >= 4 is 5.91 Å². The van der Waals surface area contributed by atoms with E-state index in [0.717, 1.165) is 19.3 Å². The molecule has 1 rings (SSSR count). The molecule has 0 radical (unpaired) electrons. The standard InChI is InChI=1S/C12H19F4NO/c1-8-3-2-4-9(7-8)5-6-17-11(18)12(15,16)10(13)14/h8-10H,2-7H2,1H3,(H,17,18). The average molecular weight is 269 g/mol. The van der Waals surface area contributed by atoms with Crippen LogP contribution >= 0.6 is 0 Å². The third-order valence-corrected chi connectivity index (χ3v) is 3.46. The van der Waals surface area contributed by atoms with E-state index in [9.17, 15) is 22.4 Å². The number of halogens is 4. The maximum absolute atomic E-state index is 12.6. The van der Waals surface area contributed by atoms with Crippen LogP contribution < -0.4 is 5.32 Å². The van der Waals surface area contributed by atoms with E-state index in [1.807, 2.05) is 5.32 Å². The summed E-state index contributed by atoms with van der Waals surface area (Å²) >= 11 is 0. The van der Waals surface area contributed by atoms with Crippen LogP contribution in [0.15, 0.2) is 0 Å². The molecule has 2 nitrogen and oxygen atoms in total. The lowest BCUT2D eigenvalue weighted by molar-refractivity contribution is -0.169. The summed E-state index contributed by atoms with van der Waals surface area (Å²) in [5.74, 6) is -5.45. The summed E-state index contributed by atoms with van der Waals surface area (Å²) in [6.45, 7) is 2.17. The second-order valence-corrected chi connectivity index (χ2v) is 5.11. The van der Waals surface area contributed by atoms with Crippen molar-refractivity contribution in [2.75, 3.05) is 6.54 Å². The van der Waals surface area contributed by atoms with Crippen molar-refractivity contribution in [2.45, 2.75) is 51.4 Å². The van der Waals surface area contributed by atoms with Crippen LogP contribution in [-0.2, 0) is 4.79 Å². The lowest BCUT2D eigenvalue weighted by atomic mass is 9.81. The Hall–Kier alpha value is -0.810. The Morgan fingerprint density at radius 2 is 2.06 bits per heavy atom. The molecule has 1 amide bonds. The Labute approximate surface area is 104 Å². The molecule has 0 spiro atoms. The van der Waals surface area contributed by atoms with Gasteiger partial charge in [0.05, 0.1) is 0 Å². The van der Waals surface area contributed by atoms with Crippen LogP contribution in [0.1, 0.15) is 39.0 Å². The lowest BCUT2D eigenvalue weighted by Crippen LogP contribution is -2.45. The number of alkyl halides is 4. The topological polar surface area (TPSA) is 29.1 Å². The minimum absolute atomic E-state index is 0.0402. The van der Waals surface area contributed by atoms with Crippen LogP contribution in [0.2, 0.25) is 0 Å². The molecule has 0 aromatic carbocycles. The zero-order valence-corrected chi connectivity index (χ0v) is 10.4. The number of hydrogen-bond donors (Lipinski definition) is 1. The molecule has 106 valence electrons. The Morgan fingerprint density at radius 1 is 1.39 bits per heavy atom. The summed E-state index contributed by atoms with van der Waals surface area (Å²) < 4.78 is 49.0. The molecule has 1 N–H and O–H groups in total. The summed E-state index contributed by atoms with van der Waals surface area (Å²) in [5.41, 5.74) is 0. The summed E-state index contributed by atoms with van der Waals surface area (Å²) in [7, 11) is 0. The molecule has 6 heteroatoms. The van der Waals surface area contributed by atoms with Gasteiger partial charge < -0.3 is 5.32 Å². The molecule has 0 heterocycles. The van der Waals surface area contributed by atoms with Crippen LogP contribution in [0.5, 0.6) is 0 Å². The van der Waals surface area contributed by atoms with Gasteiger partial charge in [-0.05, 0) is 24.7 Å². The van der Waals surface area contributed by atoms with Crippen LogP contribution in [0.25, 0.3) is 0 Å². The van der Waals surface area contributed by atoms with Crippen LogP contribution in [0.3, 0.4) is 0 Å². The smallest absolute Gasteiger partial charge is 0.351 e. The molecule has 2 atom stereocenters. The number of nitrogens with one attached hydrogen (secondary N) is 1. The van der Waals surface area contributed by atoms with Gasteiger partial charge in [0.15, 0.2) is 0 Å². The van der Waals surface area contributed by atoms with Gasteiger partial charge in [-0.1, -0.05) is 26.2 Å². The molecular formula is C12H19F4NO. The molecule has 0 aliphatic heterocycles. The van der Waals surface area contributed by atoms with Crippen molar-refractivity contribution < 1.29 is 22.4 Å². The van der Waals surface area contributed by atoms with Gasteiger partial charge in [-0.25, -0.2) is 8.78 Å². The Kier molecular flexibility index (Phi) is 5.41. The molecule has 1 aliphatic carbocycles. The van der Waals surface area contributed by atoms with Gasteiger partial charge in [0.25, 0.3) is 5.91 Å². The van der Waals surface area contributed by atoms with E-state index < -0.39 is 18.3 Å². The fourth-order valence-electron chi connectivity index (χ4n) is 2.43. The molecule has 0 bridgehead atoms. The first-order chi connectivity index (χ1) is 8.34. The maximum atomic E-state index is 12.6. The van der Waals surface area contributed by atoms with Crippen molar-refractivity contribution in [3.63, 3.8) is 0 Å². The Morgan fingerprint density at radius 3 is 2.61 bits per heavy atom. The quantitative estimate of drug-likeness (QED) is 0.763. The van der Waals surface area contributed by atoms with Crippen LogP contribution in [-0.4, -0.2) is 24.8 Å². The van der Waals surface area contributed by atoms with Crippen molar-refractivity contribution in [1.29, 1.82) is 0 Å². The molecule has 18 heavy (non-hydrogen) atoms. The lowest BCUT2D eigenvalue weighted by Gasteiger charge is -2.26. The second-order valence-electron chi connectivity index (χ2n) is 5.11. The van der Waals surface area contributed by atoms with Gasteiger partial charge in [-0.2, -0.15) is 8.78 Å². The van der Waals surface area contributed by atoms with E-state index in [-0.39, 0.29) is 6.54 Å². The number of carbonyl (C=O) groups excluding carboxylic acids is 1. The van der Waals surface area contributed by atoms with Gasteiger partial charge in [0, 0.05) is 6.54 Å². The monoisotopic (exact) mass is 269 g/mol. The summed E-state index contributed by atoms with van der Waals surface area (Å²) in [5, 5.41) is 1.90. The van der Waals surface area contributed by atoms with Crippen molar-refractivity contribution in [3.8, 4) is 0 Å². The van der Waals surface area contributed by atoms with Gasteiger partial charge in [0.1, 0.15) is 0 Å². The van der Waals surface area contributed by atoms with Gasteiger partial charge in [-0.15, -0.1) is 0 Å². The third-order valence-electron chi connectivity index (χ3n) is 3.46. The molecule has 1 saturated carbocycles. The molecule has 0 aromatic heterocycles. The van der Waals surface area contributed by atoms with E-state index in [1.165, 1.54) is 6.42 Å². The zero-order valence-electron chi connectivity index (χ0n) is 10.4. The van der Waals surface area contributed by atoms with Crippen molar-refractivity contribution in [2.24, 2.45) is 11.8 Å². The third kappa shape index (κ3) is 4.14. The Bertz CT molecular complexity index is 283. The number of amides is 1. The minimum atomic E-state index is -4.58. The first-order valence-electron chi connectivity index (χ1n) is 6.28. The molecule has 1 fully saturated rings. The highest BCUT2D eigenvalue weighted by Gasteiger charge is 2.48. The largest absolute Gasteiger partial charge is 0.383 e. The SMILES string of the molecule is CC1CCCC(CCNC(=O)C(F)(F)C(F)F)C1. The van der Waals surface area contributed by atoms with Gasteiger partial charge >= 0.3 is 12.3 Å². The van der Waals surface area contributed by atoms with Gasteiger partial charge in [0.2, 0.25) is 0 Å². The van der Waals surface area contributed by atoms with E-state index in [0.29, 0.717) is 18.3 Å². The first-order valence-corrected chi connectivity index (χ1v) is 6.28. The molecule has 0 saturated heterocycles. The number of hydrogen-bond acceptors (Lipinski definition) is 1. The van der Waals surface area contributed by atoms with E-state index in [2.05, 4.69) is 6.92 Å². The van der Waals surface area contributed by atoms with Crippen LogP contribution in [0.4, 0.5) is 17.6 Å². The van der Waals surface area contributed by atoms with Crippen molar-refractivity contribution in [1.82, 2.24) is 5.32 Å². The second kappa shape index (κ2) is 6.38. The highest BCUT2D eigenvalue weighted by atomic mass is 19.3. The zero-order chi connectivity index (χ0) is 13.8. The number of carbonyl (C=O) groups is 1. The predicted molar refractivity (Wildman–Crippen MR) is 59.7 cm³/mol. The van der Waals surface area contributed by atoms with E-state index in [1.54, 1.807) is 0 Å². The van der Waals surface area contributed by atoms with E-state index in [4.69, 9.17) is 0 Å². The highest BCUT2D eigenvalue weighted by molar-refractivity contribution is 5.83. The molecule has 1 aliphatic rings. The fraction of sp³-hybridized carbons (Fsp3) is 0.917. The maximum Gasteiger partial charge on any atom is 0.383 e. The molecule has 0 aromatic rings. The molecular weight excluding hydrogens is 250 g/mol. The predicted octanol–water partition coefficient (Wildman–Crippen LogP) is 3.22. The van der Waals surface area contributed by atoms with Crippen molar-refractivity contribution in [3.05, 3.63) is 0 Å². The van der Waals surface area contributed by atoms with Crippen LogP contribution in [0, 0.1) is 11.8 Å². The fourth-order valence-corrected chi connectivity index (χ4v) is 2.43. The summed E-state index contributed by atoms with van der Waals surface area (Å²) in [6, 6.07) is 0. The summed E-state index contributed by atoms with van der Waals surface area (Å²) in [4.78, 5) is 10.9. The Balaban J connectivity index is 2.27. The summed E-state index contributed by atoms with van der Waals surface area (Å²) in [6.07, 6.45) is 0.938. The average Bonchev–Trinajstić information content (AvgIpc) is 2.28. The number of rotatable bonds is 5. The van der Waals surface area contributed by atoms with E-state index >= 15 is 0 Å². The first kappa shape index (κ1) is 15.2. The molecule has 2 unspecified atom stereocenters. The minimum Gasteiger partial charge on any atom is -0.351 e. The highest BCUT2D eigenvalue weighted by Crippen LogP contribution is 2.30. The normalized spacial score (nSPS) is 25.2.